The van der Waals surface area contributed by atoms with Crippen LogP contribution >= 0.6 is 0 Å². The van der Waals surface area contributed by atoms with Crippen molar-refractivity contribution in [1.29, 1.82) is 0 Å². The van der Waals surface area contributed by atoms with E-state index in [1.54, 1.807) is 17.8 Å². The Kier molecular flexibility index (Phi) is 7.99. The second-order valence-corrected chi connectivity index (χ2v) is 13.6. The summed E-state index contributed by atoms with van der Waals surface area (Å²) in [6.07, 6.45) is 6.05. The SMILES string of the molecule is CCO[C@@H]1CC[C@H]1NC(=O)c1cnc2c(NC)cc(N3CCc4c(-c5ncc(CN6CC7(CCNCC7(F)F)C6)cc5F)cccc43)nn12. The molecule has 258 valence electrons. The molecule has 3 N–H and O–H groups in total. The van der Waals surface area contributed by atoms with E-state index in [0.29, 0.717) is 86.1 Å². The lowest BCUT2D eigenvalue weighted by molar-refractivity contribution is -0.205. The first-order chi connectivity index (χ1) is 23.7. The minimum atomic E-state index is -2.74. The maximum Gasteiger partial charge on any atom is 0.271 e. The summed E-state index contributed by atoms with van der Waals surface area (Å²) in [7, 11) is 1.80. The molecule has 0 radical (unpaired) electrons. The fraction of sp³-hybridized carbons (Fsp3) is 0.486. The maximum absolute atomic E-state index is 15.7. The number of hydrogen-bond donors (Lipinski definition) is 3. The molecule has 4 aliphatic rings. The van der Waals surface area contributed by atoms with Crippen LogP contribution < -0.4 is 20.9 Å². The predicted molar refractivity (Wildman–Crippen MR) is 179 cm³/mol. The summed E-state index contributed by atoms with van der Waals surface area (Å²) < 4.78 is 52.2. The number of imidazole rings is 1. The Morgan fingerprint density at radius 3 is 2.76 bits per heavy atom. The zero-order valence-electron chi connectivity index (χ0n) is 27.6. The van der Waals surface area contributed by atoms with Gasteiger partial charge in [-0.2, -0.15) is 0 Å². The first kappa shape index (κ1) is 32.0. The molecule has 0 bridgehead atoms. The number of fused-ring (bicyclic) bond motifs is 2. The van der Waals surface area contributed by atoms with Crippen molar-refractivity contribution < 1.29 is 22.7 Å². The highest BCUT2D eigenvalue weighted by atomic mass is 19.3. The van der Waals surface area contributed by atoms with Crippen molar-refractivity contribution in [3.63, 3.8) is 0 Å². The van der Waals surface area contributed by atoms with E-state index in [0.717, 1.165) is 24.1 Å². The fourth-order valence-corrected chi connectivity index (χ4v) is 7.89. The number of halogens is 3. The molecule has 1 aromatic carbocycles. The second kappa shape index (κ2) is 12.3. The van der Waals surface area contributed by atoms with Crippen LogP contribution in [-0.2, 0) is 17.7 Å². The van der Waals surface area contributed by atoms with Crippen molar-refractivity contribution in [2.75, 3.05) is 56.6 Å². The number of nitrogens with one attached hydrogen (secondary N) is 3. The van der Waals surface area contributed by atoms with Gasteiger partial charge < -0.3 is 25.6 Å². The standard InChI is InChI=1S/C35H40F3N9O2/c1-3-49-29-8-7-25(29)43-33(48)28-16-42-32-26(39-2)14-30(44-47(28)32)46-12-9-22-23(5-4-6-27(22)46)31-24(36)13-21(15-41-31)17-45-19-34(20-45)10-11-40-18-35(34,37)38/h4-6,13-16,25,29,39-40H,3,7-12,17-20H2,1-2H3,(H,43,48)/t25-,29-/m1/s1. The number of rotatable bonds is 9. The molecule has 1 saturated carbocycles. The van der Waals surface area contributed by atoms with Gasteiger partial charge in [-0.25, -0.2) is 22.7 Å². The fourth-order valence-electron chi connectivity index (χ4n) is 7.89. The number of alkyl halides is 2. The Labute approximate surface area is 282 Å². The van der Waals surface area contributed by atoms with Crippen LogP contribution in [0.2, 0.25) is 0 Å². The number of ether oxygens (including phenoxy) is 1. The van der Waals surface area contributed by atoms with Gasteiger partial charge in [0.25, 0.3) is 11.8 Å². The number of carbonyl (C=O) groups excluding carboxylic acids is 1. The third kappa shape index (κ3) is 5.40. The van der Waals surface area contributed by atoms with Crippen LogP contribution in [0, 0.1) is 11.2 Å². The maximum atomic E-state index is 15.7. The number of pyridine rings is 1. The Bertz CT molecular complexity index is 1910. The number of nitrogens with zero attached hydrogens (tertiary/aromatic N) is 6. The van der Waals surface area contributed by atoms with Crippen LogP contribution in [0.15, 0.2) is 42.7 Å². The summed E-state index contributed by atoms with van der Waals surface area (Å²) in [6.45, 7) is 4.40. The largest absolute Gasteiger partial charge is 0.385 e. The summed E-state index contributed by atoms with van der Waals surface area (Å²) in [5.41, 5.74) is 4.01. The van der Waals surface area contributed by atoms with E-state index in [9.17, 15) is 13.6 Å². The van der Waals surface area contributed by atoms with E-state index in [-0.39, 0.29) is 30.3 Å². The van der Waals surface area contributed by atoms with Crippen LogP contribution in [0.25, 0.3) is 16.9 Å². The molecule has 8 rings (SSSR count). The number of piperidine rings is 1. The lowest BCUT2D eigenvalue weighted by atomic mass is 9.69. The molecule has 0 unspecified atom stereocenters. The molecule has 14 heteroatoms. The number of benzene rings is 1. The van der Waals surface area contributed by atoms with Crippen molar-refractivity contribution in [3.05, 3.63) is 65.4 Å². The molecular weight excluding hydrogens is 635 g/mol. The van der Waals surface area contributed by atoms with E-state index in [1.807, 2.05) is 36.1 Å². The lowest BCUT2D eigenvalue weighted by Crippen LogP contribution is -2.69. The van der Waals surface area contributed by atoms with E-state index >= 15 is 4.39 Å². The molecular formula is C35H40F3N9O2. The van der Waals surface area contributed by atoms with Crippen LogP contribution in [-0.4, -0.2) is 94.8 Å². The predicted octanol–water partition coefficient (Wildman–Crippen LogP) is 4.39. The molecule has 1 spiro atoms. The summed E-state index contributed by atoms with van der Waals surface area (Å²) in [5.74, 6) is -2.84. The molecule has 3 fully saturated rings. The van der Waals surface area contributed by atoms with Gasteiger partial charge in [-0.3, -0.25) is 14.7 Å². The molecule has 2 saturated heterocycles. The van der Waals surface area contributed by atoms with Crippen molar-refractivity contribution in [3.8, 4) is 11.3 Å². The zero-order valence-corrected chi connectivity index (χ0v) is 27.6. The quantitative estimate of drug-likeness (QED) is 0.238. The topological polar surface area (TPSA) is 112 Å². The van der Waals surface area contributed by atoms with Gasteiger partial charge in [-0.05, 0) is 62.4 Å². The van der Waals surface area contributed by atoms with E-state index in [4.69, 9.17) is 9.84 Å². The highest BCUT2D eigenvalue weighted by molar-refractivity contribution is 5.94. The highest BCUT2D eigenvalue weighted by Crippen LogP contribution is 2.49. The van der Waals surface area contributed by atoms with Gasteiger partial charge in [-0.15, -0.1) is 5.10 Å². The average Bonchev–Trinajstić information content (AvgIpc) is 3.70. The molecule has 6 heterocycles. The van der Waals surface area contributed by atoms with Crippen LogP contribution in [0.1, 0.15) is 47.8 Å². The minimum absolute atomic E-state index is 0.0125. The van der Waals surface area contributed by atoms with Crippen LogP contribution in [0.5, 0.6) is 0 Å². The summed E-state index contributed by atoms with van der Waals surface area (Å²) >= 11 is 0. The van der Waals surface area contributed by atoms with E-state index in [1.165, 1.54) is 12.3 Å². The summed E-state index contributed by atoms with van der Waals surface area (Å²) in [5, 5.41) is 13.9. The number of aromatic nitrogens is 4. The number of carbonyl (C=O) groups is 1. The number of amides is 1. The Balaban J connectivity index is 1.03. The minimum Gasteiger partial charge on any atom is -0.385 e. The molecule has 1 amide bonds. The third-order valence-electron chi connectivity index (χ3n) is 10.7. The Hall–Kier alpha value is -4.27. The summed E-state index contributed by atoms with van der Waals surface area (Å²) in [4.78, 5) is 26.4. The molecule has 11 nitrogen and oxygen atoms in total. The third-order valence-corrected chi connectivity index (χ3v) is 10.7. The first-order valence-electron chi connectivity index (χ1n) is 17.0. The Morgan fingerprint density at radius 2 is 2.02 bits per heavy atom. The second-order valence-electron chi connectivity index (χ2n) is 13.6. The molecule has 4 aromatic rings. The van der Waals surface area contributed by atoms with Gasteiger partial charge in [0.15, 0.2) is 17.2 Å². The molecule has 49 heavy (non-hydrogen) atoms. The smallest absolute Gasteiger partial charge is 0.271 e. The highest BCUT2D eigenvalue weighted by Gasteiger charge is 2.60. The van der Waals surface area contributed by atoms with Crippen LogP contribution in [0.3, 0.4) is 0 Å². The van der Waals surface area contributed by atoms with Gasteiger partial charge in [0.2, 0.25) is 0 Å². The normalized spacial score (nSPS) is 22.5. The number of likely N-dealkylation sites (tertiary alicyclic amines) is 1. The zero-order chi connectivity index (χ0) is 33.9. The van der Waals surface area contributed by atoms with Gasteiger partial charge in [0, 0.05) is 63.3 Å². The van der Waals surface area contributed by atoms with E-state index in [2.05, 4.69) is 30.8 Å². The van der Waals surface area contributed by atoms with Gasteiger partial charge in [0.05, 0.1) is 36.0 Å². The van der Waals surface area contributed by atoms with Gasteiger partial charge in [-0.1, -0.05) is 12.1 Å². The van der Waals surface area contributed by atoms with Crippen molar-refractivity contribution in [1.82, 2.24) is 35.1 Å². The molecule has 1 aliphatic carbocycles. The van der Waals surface area contributed by atoms with Crippen molar-refractivity contribution >= 4 is 28.7 Å². The Morgan fingerprint density at radius 1 is 1.16 bits per heavy atom. The molecule has 3 aliphatic heterocycles. The first-order valence-corrected chi connectivity index (χ1v) is 17.0. The van der Waals surface area contributed by atoms with Crippen LogP contribution in [0.4, 0.5) is 30.4 Å². The molecule has 3 aromatic heterocycles. The number of anilines is 3. The van der Waals surface area contributed by atoms with Crippen molar-refractivity contribution in [2.24, 2.45) is 5.41 Å². The average molecular weight is 676 g/mol. The molecule has 2 atom stereocenters. The monoisotopic (exact) mass is 675 g/mol. The lowest BCUT2D eigenvalue weighted by Gasteiger charge is -2.56. The summed E-state index contributed by atoms with van der Waals surface area (Å²) in [6, 6.07) is 9.05. The van der Waals surface area contributed by atoms with Crippen molar-refractivity contribution in [2.45, 2.75) is 57.2 Å². The van der Waals surface area contributed by atoms with E-state index < -0.39 is 17.2 Å². The van der Waals surface area contributed by atoms with Gasteiger partial charge >= 0.3 is 0 Å². The van der Waals surface area contributed by atoms with Gasteiger partial charge in [0.1, 0.15) is 11.5 Å². The number of hydrogen-bond acceptors (Lipinski definition) is 9.